The Bertz CT molecular complexity index is 583. The van der Waals surface area contributed by atoms with Crippen molar-refractivity contribution in [1.82, 2.24) is 9.97 Å². The van der Waals surface area contributed by atoms with Crippen molar-refractivity contribution in [2.75, 3.05) is 19.5 Å². The molecule has 106 valence electrons. The number of aryl methyl sites for hydroxylation is 1. The molecule has 0 radical (unpaired) electrons. The van der Waals surface area contributed by atoms with Crippen LogP contribution < -0.4 is 14.8 Å². The molecule has 0 bridgehead atoms. The van der Waals surface area contributed by atoms with E-state index in [-0.39, 0.29) is 0 Å². The van der Waals surface area contributed by atoms with E-state index in [0.717, 1.165) is 15.7 Å². The van der Waals surface area contributed by atoms with Crippen LogP contribution in [0.15, 0.2) is 29.0 Å². The van der Waals surface area contributed by atoms with Crippen LogP contribution in [0.25, 0.3) is 0 Å². The molecule has 0 aliphatic rings. The standard InChI is InChI=1S/C14H16BrN3O2/c1-9-4-5-12(11(15)6-9)16-7-10-13(19-2)17-8-18-14(10)20-3/h4-6,8,16H,7H2,1-3H3. The highest BCUT2D eigenvalue weighted by Crippen LogP contribution is 2.27. The van der Waals surface area contributed by atoms with Crippen LogP contribution in [0.3, 0.4) is 0 Å². The number of nitrogens with zero attached hydrogens (tertiary/aromatic N) is 2. The summed E-state index contributed by atoms with van der Waals surface area (Å²) in [7, 11) is 3.15. The highest BCUT2D eigenvalue weighted by molar-refractivity contribution is 9.10. The summed E-state index contributed by atoms with van der Waals surface area (Å²) >= 11 is 3.54. The van der Waals surface area contributed by atoms with Gasteiger partial charge in [0.1, 0.15) is 6.33 Å². The third-order valence-electron chi connectivity index (χ3n) is 2.83. The number of methoxy groups -OCH3 is 2. The van der Waals surface area contributed by atoms with E-state index >= 15 is 0 Å². The van der Waals surface area contributed by atoms with Crippen LogP contribution in [0.1, 0.15) is 11.1 Å². The molecule has 0 amide bonds. The first kappa shape index (κ1) is 14.6. The summed E-state index contributed by atoms with van der Waals surface area (Å²) in [6, 6.07) is 6.11. The lowest BCUT2D eigenvalue weighted by Crippen LogP contribution is -2.07. The molecule has 0 aliphatic heterocycles. The molecule has 1 aromatic heterocycles. The van der Waals surface area contributed by atoms with Crippen LogP contribution in [-0.2, 0) is 6.54 Å². The molecule has 0 unspecified atom stereocenters. The number of hydrogen-bond donors (Lipinski definition) is 1. The van der Waals surface area contributed by atoms with Crippen molar-refractivity contribution in [2.45, 2.75) is 13.5 Å². The smallest absolute Gasteiger partial charge is 0.225 e. The molecule has 0 aliphatic carbocycles. The molecule has 0 fully saturated rings. The predicted molar refractivity (Wildman–Crippen MR) is 81.3 cm³/mol. The predicted octanol–water partition coefficient (Wildman–Crippen LogP) is 3.18. The Morgan fingerprint density at radius 1 is 1.15 bits per heavy atom. The van der Waals surface area contributed by atoms with Crippen LogP contribution in [-0.4, -0.2) is 24.2 Å². The van der Waals surface area contributed by atoms with Gasteiger partial charge in [0.05, 0.1) is 26.3 Å². The van der Waals surface area contributed by atoms with Gasteiger partial charge in [0.15, 0.2) is 0 Å². The number of anilines is 1. The average Bonchev–Trinajstić information content (AvgIpc) is 2.46. The fourth-order valence-electron chi connectivity index (χ4n) is 1.83. The molecule has 5 nitrogen and oxygen atoms in total. The van der Waals surface area contributed by atoms with E-state index in [2.05, 4.69) is 37.3 Å². The molecule has 0 saturated heterocycles. The second-order valence-electron chi connectivity index (χ2n) is 4.21. The number of halogens is 1. The van der Waals surface area contributed by atoms with Gasteiger partial charge in [-0.25, -0.2) is 9.97 Å². The van der Waals surface area contributed by atoms with Crippen LogP contribution >= 0.6 is 15.9 Å². The molecule has 0 saturated carbocycles. The number of benzene rings is 1. The van der Waals surface area contributed by atoms with Gasteiger partial charge in [-0.1, -0.05) is 6.07 Å². The minimum absolute atomic E-state index is 0.507. The molecule has 1 heterocycles. The van der Waals surface area contributed by atoms with E-state index in [1.54, 1.807) is 14.2 Å². The molecule has 6 heteroatoms. The van der Waals surface area contributed by atoms with E-state index in [1.165, 1.54) is 11.9 Å². The molecule has 0 atom stereocenters. The van der Waals surface area contributed by atoms with Crippen molar-refractivity contribution >= 4 is 21.6 Å². The molecule has 2 rings (SSSR count). The minimum atomic E-state index is 0.507. The summed E-state index contributed by atoms with van der Waals surface area (Å²) in [6.07, 6.45) is 1.42. The van der Waals surface area contributed by atoms with Gasteiger partial charge in [-0.3, -0.25) is 0 Å². The van der Waals surface area contributed by atoms with Gasteiger partial charge in [-0.15, -0.1) is 0 Å². The zero-order chi connectivity index (χ0) is 14.5. The van der Waals surface area contributed by atoms with E-state index in [4.69, 9.17) is 9.47 Å². The van der Waals surface area contributed by atoms with Gasteiger partial charge in [-0.05, 0) is 40.5 Å². The SMILES string of the molecule is COc1ncnc(OC)c1CNc1ccc(C)cc1Br. The highest BCUT2D eigenvalue weighted by atomic mass is 79.9. The van der Waals surface area contributed by atoms with Crippen molar-refractivity contribution in [2.24, 2.45) is 0 Å². The molecule has 1 aromatic carbocycles. The van der Waals surface area contributed by atoms with E-state index < -0.39 is 0 Å². The van der Waals surface area contributed by atoms with Crippen molar-refractivity contribution < 1.29 is 9.47 Å². The lowest BCUT2D eigenvalue weighted by atomic mass is 10.2. The number of rotatable bonds is 5. The maximum absolute atomic E-state index is 5.24. The first-order valence-corrected chi connectivity index (χ1v) is 6.87. The van der Waals surface area contributed by atoms with Crippen molar-refractivity contribution in [3.63, 3.8) is 0 Å². The first-order chi connectivity index (χ1) is 9.65. The molecular formula is C14H16BrN3O2. The van der Waals surface area contributed by atoms with Crippen molar-refractivity contribution in [1.29, 1.82) is 0 Å². The molecule has 0 spiro atoms. The second-order valence-corrected chi connectivity index (χ2v) is 5.06. The zero-order valence-electron chi connectivity index (χ0n) is 11.6. The highest BCUT2D eigenvalue weighted by Gasteiger charge is 2.13. The normalized spacial score (nSPS) is 10.2. The Hall–Kier alpha value is -1.82. The molecule has 1 N–H and O–H groups in total. The Morgan fingerprint density at radius 2 is 1.80 bits per heavy atom. The van der Waals surface area contributed by atoms with Crippen LogP contribution in [0.2, 0.25) is 0 Å². The van der Waals surface area contributed by atoms with Gasteiger partial charge in [0, 0.05) is 10.2 Å². The van der Waals surface area contributed by atoms with Gasteiger partial charge in [0.25, 0.3) is 0 Å². The van der Waals surface area contributed by atoms with Crippen LogP contribution in [0, 0.1) is 6.92 Å². The van der Waals surface area contributed by atoms with Crippen molar-refractivity contribution in [3.05, 3.63) is 40.1 Å². The minimum Gasteiger partial charge on any atom is -0.481 e. The second kappa shape index (κ2) is 6.56. The number of aromatic nitrogens is 2. The third-order valence-corrected chi connectivity index (χ3v) is 3.49. The summed E-state index contributed by atoms with van der Waals surface area (Å²) in [5.41, 5.74) is 2.97. The summed E-state index contributed by atoms with van der Waals surface area (Å²) in [5, 5.41) is 3.32. The van der Waals surface area contributed by atoms with Gasteiger partial charge >= 0.3 is 0 Å². The topological polar surface area (TPSA) is 56.3 Å². The van der Waals surface area contributed by atoms with Gasteiger partial charge in [-0.2, -0.15) is 0 Å². The molecular weight excluding hydrogens is 322 g/mol. The fraction of sp³-hybridized carbons (Fsp3) is 0.286. The van der Waals surface area contributed by atoms with E-state index in [1.807, 2.05) is 19.1 Å². The van der Waals surface area contributed by atoms with Gasteiger partial charge < -0.3 is 14.8 Å². The summed E-state index contributed by atoms with van der Waals surface area (Å²) in [5.74, 6) is 1.01. The zero-order valence-corrected chi connectivity index (χ0v) is 13.2. The third kappa shape index (κ3) is 3.19. The summed E-state index contributed by atoms with van der Waals surface area (Å²) < 4.78 is 11.5. The monoisotopic (exact) mass is 337 g/mol. The molecule has 2 aromatic rings. The number of ether oxygens (including phenoxy) is 2. The lowest BCUT2D eigenvalue weighted by molar-refractivity contribution is 0.363. The maximum atomic E-state index is 5.24. The number of hydrogen-bond acceptors (Lipinski definition) is 5. The van der Waals surface area contributed by atoms with Crippen LogP contribution in [0.4, 0.5) is 5.69 Å². The van der Waals surface area contributed by atoms with Crippen LogP contribution in [0.5, 0.6) is 11.8 Å². The van der Waals surface area contributed by atoms with E-state index in [9.17, 15) is 0 Å². The Morgan fingerprint density at radius 3 is 2.35 bits per heavy atom. The summed E-state index contributed by atoms with van der Waals surface area (Å²) in [4.78, 5) is 8.18. The summed E-state index contributed by atoms with van der Waals surface area (Å²) in [6.45, 7) is 2.56. The first-order valence-electron chi connectivity index (χ1n) is 6.07. The quantitative estimate of drug-likeness (QED) is 0.907. The van der Waals surface area contributed by atoms with Crippen molar-refractivity contribution in [3.8, 4) is 11.8 Å². The van der Waals surface area contributed by atoms with E-state index in [0.29, 0.717) is 18.3 Å². The Balaban J connectivity index is 2.22. The lowest BCUT2D eigenvalue weighted by Gasteiger charge is -2.13. The largest absolute Gasteiger partial charge is 0.481 e. The number of nitrogens with one attached hydrogen (secondary N) is 1. The Labute approximate surface area is 126 Å². The maximum Gasteiger partial charge on any atom is 0.225 e. The Kier molecular flexibility index (Phi) is 4.79. The fourth-order valence-corrected chi connectivity index (χ4v) is 2.46. The average molecular weight is 338 g/mol. The van der Waals surface area contributed by atoms with Gasteiger partial charge in [0.2, 0.25) is 11.8 Å². The molecule has 20 heavy (non-hydrogen) atoms.